The van der Waals surface area contributed by atoms with E-state index in [1.165, 1.54) is 34.7 Å². The fraction of sp³-hybridized carbons (Fsp3) is 0.440. The van der Waals surface area contributed by atoms with Crippen LogP contribution < -0.4 is 5.32 Å². The van der Waals surface area contributed by atoms with Crippen molar-refractivity contribution in [3.05, 3.63) is 70.4 Å². The number of hydrogen-bond acceptors (Lipinski definition) is 4. The molecule has 2 atom stereocenters. The van der Waals surface area contributed by atoms with Gasteiger partial charge in [0.2, 0.25) is 0 Å². The summed E-state index contributed by atoms with van der Waals surface area (Å²) in [6.07, 6.45) is 3.00. The van der Waals surface area contributed by atoms with E-state index in [9.17, 15) is 5.11 Å². The largest absolute Gasteiger partial charge is 0.389 e. The monoisotopic (exact) mass is 409 g/mol. The van der Waals surface area contributed by atoms with Crippen molar-refractivity contribution >= 4 is 22.1 Å². The normalized spacial score (nSPS) is 16.8. The van der Waals surface area contributed by atoms with E-state index >= 15 is 0 Å². The topological polar surface area (TPSA) is 41.5 Å². The second-order valence-electron chi connectivity index (χ2n) is 8.92. The highest BCUT2D eigenvalue weighted by atomic mass is 32.1. The van der Waals surface area contributed by atoms with Gasteiger partial charge in [0.15, 0.2) is 0 Å². The van der Waals surface area contributed by atoms with Crippen molar-refractivity contribution in [2.24, 2.45) is 5.92 Å². The molecule has 29 heavy (non-hydrogen) atoms. The van der Waals surface area contributed by atoms with Crippen LogP contribution in [0.2, 0.25) is 0 Å². The summed E-state index contributed by atoms with van der Waals surface area (Å²) in [5, 5.41) is 20.8. The number of aliphatic hydroxyl groups excluding tert-OH is 1. The van der Waals surface area contributed by atoms with Crippen LogP contribution in [0.4, 0.5) is 0 Å². The molecule has 0 amide bonds. The van der Waals surface area contributed by atoms with Crippen LogP contribution in [0.3, 0.4) is 0 Å². The lowest BCUT2D eigenvalue weighted by atomic mass is 9.93. The molecule has 1 fully saturated rings. The van der Waals surface area contributed by atoms with Gasteiger partial charge in [0, 0.05) is 12.1 Å². The Hall–Kier alpha value is -1.72. The van der Waals surface area contributed by atoms with Gasteiger partial charge in [-0.2, -0.15) is 11.3 Å². The number of β-amino-alcohol motifs (C(OH)–C–C–N with tert-alkyl or cyclic N) is 1. The molecule has 3 nitrogen and oxygen atoms in total. The van der Waals surface area contributed by atoms with Gasteiger partial charge in [-0.15, -0.1) is 0 Å². The Bertz CT molecular complexity index is 917. The number of fused-ring (bicyclic) bond motifs is 1. The van der Waals surface area contributed by atoms with Crippen molar-refractivity contribution in [2.75, 3.05) is 13.2 Å². The molecule has 1 heterocycles. The van der Waals surface area contributed by atoms with Gasteiger partial charge in [0.1, 0.15) is 0 Å². The molecule has 154 valence electrons. The van der Waals surface area contributed by atoms with Crippen LogP contribution in [-0.4, -0.2) is 29.9 Å². The fourth-order valence-corrected chi connectivity index (χ4v) is 4.61. The molecule has 1 saturated carbocycles. The number of benzene rings is 2. The molecule has 2 N–H and O–H groups in total. The Morgan fingerprint density at radius 2 is 1.93 bits per heavy atom. The van der Waals surface area contributed by atoms with Crippen LogP contribution in [-0.2, 0) is 11.2 Å². The van der Waals surface area contributed by atoms with Crippen molar-refractivity contribution in [3.8, 4) is 0 Å². The van der Waals surface area contributed by atoms with Gasteiger partial charge in [-0.1, -0.05) is 42.5 Å². The molecule has 2 unspecified atom stereocenters. The first-order valence-corrected chi connectivity index (χ1v) is 11.5. The highest BCUT2D eigenvalue weighted by Gasteiger charge is 2.33. The van der Waals surface area contributed by atoms with E-state index in [0.717, 1.165) is 6.42 Å². The molecule has 0 aliphatic heterocycles. The van der Waals surface area contributed by atoms with Gasteiger partial charge < -0.3 is 15.2 Å². The van der Waals surface area contributed by atoms with E-state index in [4.69, 9.17) is 4.74 Å². The summed E-state index contributed by atoms with van der Waals surface area (Å²) in [4.78, 5) is 0. The van der Waals surface area contributed by atoms with Crippen molar-refractivity contribution in [1.29, 1.82) is 0 Å². The number of aliphatic hydroxyl groups is 1. The summed E-state index contributed by atoms with van der Waals surface area (Å²) in [6, 6.07) is 17.2. The number of ether oxygens (including phenoxy) is 1. The van der Waals surface area contributed by atoms with Gasteiger partial charge in [0.05, 0.1) is 18.8 Å². The number of nitrogens with one attached hydrogen (secondary N) is 1. The van der Waals surface area contributed by atoms with Crippen LogP contribution >= 0.6 is 11.3 Å². The zero-order valence-corrected chi connectivity index (χ0v) is 18.1. The summed E-state index contributed by atoms with van der Waals surface area (Å²) in [5.74, 6) is 0.620. The first kappa shape index (κ1) is 20.5. The predicted molar refractivity (Wildman–Crippen MR) is 121 cm³/mol. The van der Waals surface area contributed by atoms with Gasteiger partial charge >= 0.3 is 0 Å². The molecule has 1 aliphatic carbocycles. The fourth-order valence-electron chi connectivity index (χ4n) is 3.93. The summed E-state index contributed by atoms with van der Waals surface area (Å²) in [7, 11) is 0. The highest BCUT2D eigenvalue weighted by molar-refractivity contribution is 7.07. The molecule has 4 rings (SSSR count). The summed E-state index contributed by atoms with van der Waals surface area (Å²) in [5.41, 5.74) is 2.46. The van der Waals surface area contributed by atoms with Gasteiger partial charge in [-0.3, -0.25) is 0 Å². The lowest BCUT2D eigenvalue weighted by Crippen LogP contribution is -2.46. The maximum absolute atomic E-state index is 10.5. The lowest BCUT2D eigenvalue weighted by molar-refractivity contribution is -0.0209. The van der Waals surface area contributed by atoms with E-state index in [1.54, 1.807) is 11.3 Å². The molecule has 3 aromatic rings. The quantitative estimate of drug-likeness (QED) is 0.475. The molecule has 1 aliphatic rings. The standard InChI is InChI=1S/C25H31NO2S/c1-25(2,14-18-7-8-19-5-3-4-6-21(19)13-18)26-15-23(27)16-28-24(20-9-10-20)22-11-12-29-17-22/h3-8,11-13,17,20,23-24,26-27H,9-10,14-16H2,1-2H3. The van der Waals surface area contributed by atoms with Crippen LogP contribution in [0.1, 0.15) is 43.9 Å². The smallest absolute Gasteiger partial charge is 0.0898 e. The van der Waals surface area contributed by atoms with Crippen molar-refractivity contribution in [2.45, 2.75) is 50.9 Å². The molecule has 0 saturated heterocycles. The van der Waals surface area contributed by atoms with Crippen molar-refractivity contribution in [3.63, 3.8) is 0 Å². The lowest BCUT2D eigenvalue weighted by Gasteiger charge is -2.28. The summed E-state index contributed by atoms with van der Waals surface area (Å²) < 4.78 is 6.12. The Kier molecular flexibility index (Phi) is 6.35. The molecular formula is C25H31NO2S. The average Bonchev–Trinajstić information content (AvgIpc) is 3.40. The van der Waals surface area contributed by atoms with E-state index in [1.807, 2.05) is 0 Å². The Morgan fingerprint density at radius 1 is 1.14 bits per heavy atom. The first-order valence-electron chi connectivity index (χ1n) is 10.5. The summed E-state index contributed by atoms with van der Waals surface area (Å²) in [6.45, 7) is 5.28. The molecule has 1 aromatic heterocycles. The van der Waals surface area contributed by atoms with Gasteiger partial charge in [-0.25, -0.2) is 0 Å². The minimum atomic E-state index is -0.509. The van der Waals surface area contributed by atoms with Crippen LogP contribution in [0.5, 0.6) is 0 Å². The van der Waals surface area contributed by atoms with E-state index in [0.29, 0.717) is 19.1 Å². The average molecular weight is 410 g/mol. The molecule has 0 spiro atoms. The molecule has 0 radical (unpaired) electrons. The maximum atomic E-state index is 10.5. The van der Waals surface area contributed by atoms with E-state index in [-0.39, 0.29) is 11.6 Å². The SMILES string of the molecule is CC(C)(Cc1ccc2ccccc2c1)NCC(O)COC(c1ccsc1)C1CC1. The van der Waals surface area contributed by atoms with Crippen LogP contribution in [0, 0.1) is 5.92 Å². The van der Waals surface area contributed by atoms with Crippen molar-refractivity contribution in [1.82, 2.24) is 5.32 Å². The van der Waals surface area contributed by atoms with Crippen molar-refractivity contribution < 1.29 is 9.84 Å². The third kappa shape index (κ3) is 5.67. The van der Waals surface area contributed by atoms with Gasteiger partial charge in [0.25, 0.3) is 0 Å². The number of rotatable bonds is 10. The molecular weight excluding hydrogens is 378 g/mol. The Labute approximate surface area is 177 Å². The zero-order chi connectivity index (χ0) is 20.3. The minimum Gasteiger partial charge on any atom is -0.389 e. The van der Waals surface area contributed by atoms with E-state index in [2.05, 4.69) is 78.5 Å². The van der Waals surface area contributed by atoms with Crippen LogP contribution in [0.25, 0.3) is 10.8 Å². The molecule has 4 heteroatoms. The summed E-state index contributed by atoms with van der Waals surface area (Å²) >= 11 is 1.71. The number of hydrogen-bond donors (Lipinski definition) is 2. The third-order valence-electron chi connectivity index (χ3n) is 5.67. The van der Waals surface area contributed by atoms with Crippen LogP contribution in [0.15, 0.2) is 59.3 Å². The first-order chi connectivity index (χ1) is 14.0. The van der Waals surface area contributed by atoms with E-state index < -0.39 is 6.10 Å². The zero-order valence-electron chi connectivity index (χ0n) is 17.3. The molecule has 2 aromatic carbocycles. The second kappa shape index (κ2) is 8.97. The third-order valence-corrected chi connectivity index (χ3v) is 6.37. The maximum Gasteiger partial charge on any atom is 0.0898 e. The predicted octanol–water partition coefficient (Wildman–Crippen LogP) is 5.34. The van der Waals surface area contributed by atoms with Gasteiger partial charge in [-0.05, 0) is 77.8 Å². The number of thiophene rings is 1. The second-order valence-corrected chi connectivity index (χ2v) is 9.70. The highest BCUT2D eigenvalue weighted by Crippen LogP contribution is 2.43. The Morgan fingerprint density at radius 3 is 2.66 bits per heavy atom. The molecule has 0 bridgehead atoms. The Balaban J connectivity index is 1.27. The minimum absolute atomic E-state index is 0.104.